The van der Waals surface area contributed by atoms with Crippen molar-refractivity contribution in [3.8, 4) is 0 Å². The predicted octanol–water partition coefficient (Wildman–Crippen LogP) is 3.75. The van der Waals surface area contributed by atoms with Crippen LogP contribution in [0.2, 0.25) is 0 Å². The van der Waals surface area contributed by atoms with Gasteiger partial charge in [-0.25, -0.2) is 8.78 Å². The average Bonchev–Trinajstić information content (AvgIpc) is 2.44. The second kappa shape index (κ2) is 7.11. The van der Waals surface area contributed by atoms with Gasteiger partial charge in [-0.1, -0.05) is 0 Å². The van der Waals surface area contributed by atoms with Crippen LogP contribution in [0, 0.1) is 43.5 Å². The molecule has 0 saturated carbocycles. The number of hydrogen-bond acceptors (Lipinski definition) is 4. The van der Waals surface area contributed by atoms with Gasteiger partial charge < -0.3 is 0 Å². The molecule has 0 aliphatic rings. The fourth-order valence-corrected chi connectivity index (χ4v) is 1.25. The van der Waals surface area contributed by atoms with Crippen molar-refractivity contribution in [3.63, 3.8) is 0 Å². The lowest BCUT2D eigenvalue weighted by atomic mass is 10.3. The Balaban J connectivity index is 0.000000220. The summed E-state index contributed by atoms with van der Waals surface area (Å²) in [4.78, 5) is 18.0. The molecule has 0 heterocycles. The lowest BCUT2D eigenvalue weighted by molar-refractivity contribution is -0.387. The van der Waals surface area contributed by atoms with Gasteiger partial charge in [-0.2, -0.15) is 8.78 Å². The van der Waals surface area contributed by atoms with Gasteiger partial charge >= 0.3 is 11.4 Å². The first-order chi connectivity index (χ1) is 10.2. The summed E-state index contributed by atoms with van der Waals surface area (Å²) in [6, 6.07) is 4.15. The van der Waals surface area contributed by atoms with Gasteiger partial charge in [-0.3, -0.25) is 20.2 Å². The molecule has 116 valence electrons. The first-order valence-electron chi connectivity index (χ1n) is 5.41. The second-order valence-corrected chi connectivity index (χ2v) is 3.71. The van der Waals surface area contributed by atoms with Gasteiger partial charge in [0.1, 0.15) is 11.6 Å². The van der Waals surface area contributed by atoms with Crippen LogP contribution in [-0.4, -0.2) is 9.85 Å². The number of nitrogens with zero attached hydrogens (tertiary/aromatic N) is 2. The summed E-state index contributed by atoms with van der Waals surface area (Å²) in [6.07, 6.45) is 0. The molecule has 2 aromatic rings. The zero-order valence-corrected chi connectivity index (χ0v) is 10.5. The van der Waals surface area contributed by atoms with Gasteiger partial charge in [-0.05, 0) is 24.3 Å². The largest absolute Gasteiger partial charge is 0.307 e. The Labute approximate surface area is 119 Å². The zero-order chi connectivity index (χ0) is 16.9. The van der Waals surface area contributed by atoms with Gasteiger partial charge in [0.25, 0.3) is 0 Å². The third-order valence-corrected chi connectivity index (χ3v) is 2.21. The minimum atomic E-state index is -1.03. The van der Waals surface area contributed by atoms with Crippen molar-refractivity contribution in [1.29, 1.82) is 0 Å². The van der Waals surface area contributed by atoms with Crippen molar-refractivity contribution >= 4 is 11.4 Å². The maximum absolute atomic E-state index is 12.4. The minimum absolute atomic E-state index is 0.537. The third kappa shape index (κ3) is 4.51. The molecule has 0 spiro atoms. The number of benzene rings is 2. The average molecular weight is 318 g/mol. The molecule has 0 unspecified atom stereocenters. The third-order valence-electron chi connectivity index (χ3n) is 2.21. The number of hydrogen-bond donors (Lipinski definition) is 0. The fourth-order valence-electron chi connectivity index (χ4n) is 1.25. The SMILES string of the molecule is O=[N+]([O-])c1cc(F)ccc1F.O=[N+]([O-])c1cc(F)ccc1F. The van der Waals surface area contributed by atoms with Crippen LogP contribution >= 0.6 is 0 Å². The molecule has 10 heteroatoms. The van der Waals surface area contributed by atoms with Crippen LogP contribution in [-0.2, 0) is 0 Å². The highest BCUT2D eigenvalue weighted by Gasteiger charge is 2.14. The first kappa shape index (κ1) is 17.0. The molecule has 0 bridgehead atoms. The summed E-state index contributed by atoms with van der Waals surface area (Å²) in [6.45, 7) is 0. The van der Waals surface area contributed by atoms with E-state index < -0.39 is 44.5 Å². The number of nitro groups is 2. The molecule has 22 heavy (non-hydrogen) atoms. The van der Waals surface area contributed by atoms with E-state index in [1.807, 2.05) is 0 Å². The van der Waals surface area contributed by atoms with Gasteiger partial charge in [0, 0.05) is 0 Å². The molecule has 2 rings (SSSR count). The van der Waals surface area contributed by atoms with Gasteiger partial charge in [0.2, 0.25) is 11.6 Å². The molecule has 0 aliphatic carbocycles. The molecule has 0 aromatic heterocycles. The van der Waals surface area contributed by atoms with E-state index in [9.17, 15) is 37.8 Å². The number of nitro benzene ring substituents is 2. The number of rotatable bonds is 2. The van der Waals surface area contributed by atoms with Crippen molar-refractivity contribution in [2.45, 2.75) is 0 Å². The van der Waals surface area contributed by atoms with Crippen molar-refractivity contribution in [1.82, 2.24) is 0 Å². The standard InChI is InChI=1S/2C6H3F2NO2/c2*7-4-1-2-5(8)6(3-4)9(10)11/h2*1-3H. The van der Waals surface area contributed by atoms with Gasteiger partial charge in [0.15, 0.2) is 0 Å². The minimum Gasteiger partial charge on any atom is -0.258 e. The maximum atomic E-state index is 12.4. The lowest BCUT2D eigenvalue weighted by Crippen LogP contribution is -1.92. The second-order valence-electron chi connectivity index (χ2n) is 3.71. The van der Waals surface area contributed by atoms with Crippen LogP contribution in [0.5, 0.6) is 0 Å². The molecule has 0 atom stereocenters. The molecule has 0 fully saturated rings. The Kier molecular flexibility index (Phi) is 5.50. The molecule has 2 aromatic carbocycles. The van der Waals surface area contributed by atoms with E-state index >= 15 is 0 Å². The fraction of sp³-hybridized carbons (Fsp3) is 0. The highest BCUT2D eigenvalue weighted by Crippen LogP contribution is 2.17. The van der Waals surface area contributed by atoms with E-state index in [4.69, 9.17) is 0 Å². The van der Waals surface area contributed by atoms with E-state index in [0.29, 0.717) is 24.3 Å². The summed E-state index contributed by atoms with van der Waals surface area (Å²) >= 11 is 0. The molecule has 0 saturated heterocycles. The van der Waals surface area contributed by atoms with Crippen LogP contribution in [0.3, 0.4) is 0 Å². The Bertz CT molecular complexity index is 663. The summed E-state index contributed by atoms with van der Waals surface area (Å²) in [5.41, 5.74) is -1.69. The van der Waals surface area contributed by atoms with Gasteiger partial charge in [0.05, 0.1) is 22.0 Å². The molecule has 0 aliphatic heterocycles. The molecule has 0 radical (unpaired) electrons. The van der Waals surface area contributed by atoms with Gasteiger partial charge in [-0.15, -0.1) is 0 Å². The van der Waals surface area contributed by atoms with E-state index in [-0.39, 0.29) is 0 Å². The zero-order valence-electron chi connectivity index (χ0n) is 10.5. The van der Waals surface area contributed by atoms with E-state index in [0.717, 1.165) is 12.1 Å². The molecule has 0 amide bonds. The first-order valence-corrected chi connectivity index (χ1v) is 5.41. The molecular formula is C12H6F4N2O4. The highest BCUT2D eigenvalue weighted by molar-refractivity contribution is 5.32. The predicted molar refractivity (Wildman–Crippen MR) is 66.0 cm³/mol. The van der Waals surface area contributed by atoms with Crippen LogP contribution < -0.4 is 0 Å². The Morgan fingerprint density at radius 1 is 0.682 bits per heavy atom. The molecule has 0 N–H and O–H groups in total. The van der Waals surface area contributed by atoms with Crippen LogP contribution in [0.1, 0.15) is 0 Å². The van der Waals surface area contributed by atoms with E-state index in [1.54, 1.807) is 0 Å². The molecular weight excluding hydrogens is 312 g/mol. The highest BCUT2D eigenvalue weighted by atomic mass is 19.1. The van der Waals surface area contributed by atoms with Crippen molar-refractivity contribution in [2.24, 2.45) is 0 Å². The summed E-state index contributed by atoms with van der Waals surface area (Å²) in [5.74, 6) is -3.70. The van der Waals surface area contributed by atoms with Crippen LogP contribution in [0.15, 0.2) is 36.4 Å². The van der Waals surface area contributed by atoms with E-state index in [2.05, 4.69) is 0 Å². The molecule has 6 nitrogen and oxygen atoms in total. The Hall–Kier alpha value is -3.04. The van der Waals surface area contributed by atoms with E-state index in [1.165, 1.54) is 0 Å². The smallest absolute Gasteiger partial charge is 0.258 e. The Morgan fingerprint density at radius 2 is 1.00 bits per heavy atom. The van der Waals surface area contributed by atoms with Crippen molar-refractivity contribution in [2.75, 3.05) is 0 Å². The topological polar surface area (TPSA) is 86.3 Å². The summed E-state index contributed by atoms with van der Waals surface area (Å²) < 4.78 is 49.3. The van der Waals surface area contributed by atoms with Crippen LogP contribution in [0.25, 0.3) is 0 Å². The normalized spacial score (nSPS) is 9.64. The van der Waals surface area contributed by atoms with Crippen molar-refractivity contribution < 1.29 is 27.4 Å². The maximum Gasteiger partial charge on any atom is 0.307 e. The van der Waals surface area contributed by atoms with Crippen LogP contribution in [0.4, 0.5) is 28.9 Å². The monoisotopic (exact) mass is 318 g/mol. The summed E-state index contributed by atoms with van der Waals surface area (Å²) in [5, 5.41) is 19.9. The van der Waals surface area contributed by atoms with Crippen molar-refractivity contribution in [3.05, 3.63) is 79.9 Å². The number of halogens is 4. The summed E-state index contributed by atoms with van der Waals surface area (Å²) in [7, 11) is 0. The quantitative estimate of drug-likeness (QED) is 0.479. The Morgan fingerprint density at radius 3 is 1.23 bits per heavy atom. The lowest BCUT2D eigenvalue weighted by Gasteiger charge is -1.91.